The molecule has 0 atom stereocenters. The first-order valence-corrected chi connectivity index (χ1v) is 7.65. The molecule has 0 radical (unpaired) electrons. The molecular formula is C22H20F4. The molecule has 0 saturated heterocycles. The van der Waals surface area contributed by atoms with Crippen molar-refractivity contribution in [3.8, 4) is 0 Å². The van der Waals surface area contributed by atoms with E-state index in [1.54, 1.807) is 0 Å². The van der Waals surface area contributed by atoms with Crippen LogP contribution < -0.4 is 0 Å². The summed E-state index contributed by atoms with van der Waals surface area (Å²) in [7, 11) is 0. The van der Waals surface area contributed by atoms with Crippen molar-refractivity contribution < 1.29 is 17.6 Å². The minimum Gasteiger partial charge on any atom is -0.203 e. The number of benzene rings is 1. The molecule has 136 valence electrons. The van der Waals surface area contributed by atoms with E-state index >= 15 is 0 Å². The van der Waals surface area contributed by atoms with Crippen LogP contribution >= 0.6 is 0 Å². The molecule has 0 spiro atoms. The van der Waals surface area contributed by atoms with E-state index in [-0.39, 0.29) is 27.8 Å². The molecule has 1 aromatic rings. The molecule has 0 unspecified atom stereocenters. The fourth-order valence-corrected chi connectivity index (χ4v) is 1.81. The molecule has 0 nitrogen and oxygen atoms in total. The Labute approximate surface area is 151 Å². The zero-order chi connectivity index (χ0) is 20.0. The van der Waals surface area contributed by atoms with Crippen molar-refractivity contribution >= 4 is 6.08 Å². The maximum absolute atomic E-state index is 13.8. The van der Waals surface area contributed by atoms with E-state index in [9.17, 15) is 17.6 Å². The lowest BCUT2D eigenvalue weighted by molar-refractivity contribution is 0.501. The van der Waals surface area contributed by atoms with Gasteiger partial charge in [0.15, 0.2) is 23.3 Å². The van der Waals surface area contributed by atoms with Crippen molar-refractivity contribution in [2.45, 2.75) is 13.8 Å². The SMILES string of the molecule is C=C(/C=C\C(=C)C(=C)/C(F)=C(/F)C(=C)C)/C=C/c1ccc(C)c(F)c1F. The van der Waals surface area contributed by atoms with E-state index in [0.29, 0.717) is 5.57 Å². The van der Waals surface area contributed by atoms with Gasteiger partial charge in [0.1, 0.15) is 0 Å². The molecular weight excluding hydrogens is 340 g/mol. The third-order valence-electron chi connectivity index (χ3n) is 3.50. The minimum absolute atomic E-state index is 0.0554. The quantitative estimate of drug-likeness (QED) is 0.355. The average Bonchev–Trinajstić information content (AvgIpc) is 2.61. The van der Waals surface area contributed by atoms with Crippen LogP contribution in [-0.2, 0) is 0 Å². The largest absolute Gasteiger partial charge is 0.203 e. The van der Waals surface area contributed by atoms with Gasteiger partial charge >= 0.3 is 0 Å². The van der Waals surface area contributed by atoms with Crippen molar-refractivity contribution in [2.24, 2.45) is 0 Å². The van der Waals surface area contributed by atoms with Crippen molar-refractivity contribution in [3.63, 3.8) is 0 Å². The molecule has 1 rings (SSSR count). The van der Waals surface area contributed by atoms with E-state index in [1.165, 1.54) is 50.3 Å². The van der Waals surface area contributed by atoms with E-state index < -0.39 is 23.3 Å². The van der Waals surface area contributed by atoms with Gasteiger partial charge in [-0.15, -0.1) is 0 Å². The lowest BCUT2D eigenvalue weighted by atomic mass is 10.0. The Morgan fingerprint density at radius 3 is 2.08 bits per heavy atom. The Bertz CT molecular complexity index is 864. The summed E-state index contributed by atoms with van der Waals surface area (Å²) in [6.07, 6.45) is 5.69. The van der Waals surface area contributed by atoms with Crippen LogP contribution in [0.3, 0.4) is 0 Å². The van der Waals surface area contributed by atoms with Gasteiger partial charge in [-0.1, -0.05) is 62.8 Å². The first-order valence-electron chi connectivity index (χ1n) is 7.65. The van der Waals surface area contributed by atoms with E-state index in [1.807, 2.05) is 0 Å². The Kier molecular flexibility index (Phi) is 7.32. The Morgan fingerprint density at radius 1 is 0.885 bits per heavy atom. The van der Waals surface area contributed by atoms with Gasteiger partial charge in [0.2, 0.25) is 0 Å². The van der Waals surface area contributed by atoms with Crippen molar-refractivity contribution in [1.29, 1.82) is 0 Å². The van der Waals surface area contributed by atoms with Gasteiger partial charge in [0.25, 0.3) is 0 Å². The van der Waals surface area contributed by atoms with Crippen LogP contribution in [0, 0.1) is 18.6 Å². The van der Waals surface area contributed by atoms with Gasteiger partial charge in [-0.25, -0.2) is 17.6 Å². The summed E-state index contributed by atoms with van der Waals surface area (Å²) < 4.78 is 54.6. The predicted molar refractivity (Wildman–Crippen MR) is 101 cm³/mol. The number of hydrogen-bond acceptors (Lipinski definition) is 0. The smallest absolute Gasteiger partial charge is 0.166 e. The van der Waals surface area contributed by atoms with E-state index in [2.05, 4.69) is 26.3 Å². The number of halogens is 4. The zero-order valence-electron chi connectivity index (χ0n) is 14.8. The molecule has 0 saturated carbocycles. The van der Waals surface area contributed by atoms with Crippen LogP contribution in [0.5, 0.6) is 0 Å². The molecule has 0 aliphatic rings. The zero-order valence-corrected chi connectivity index (χ0v) is 14.8. The van der Waals surface area contributed by atoms with Crippen molar-refractivity contribution in [3.05, 3.63) is 113 Å². The maximum Gasteiger partial charge on any atom is 0.166 e. The van der Waals surface area contributed by atoms with Gasteiger partial charge in [0, 0.05) is 11.1 Å². The van der Waals surface area contributed by atoms with Crippen LogP contribution in [0.15, 0.2) is 90.6 Å². The second-order valence-electron chi connectivity index (χ2n) is 5.75. The first kappa shape index (κ1) is 21.2. The summed E-state index contributed by atoms with van der Waals surface area (Å²) in [5.74, 6) is -4.07. The fourth-order valence-electron chi connectivity index (χ4n) is 1.81. The van der Waals surface area contributed by atoms with Crippen LogP contribution in [0.1, 0.15) is 18.1 Å². The standard InChI is InChI=1S/C22H20F4/c1-13(2)19(23)21(25)17(6)15(4)9-7-14(3)8-11-18-12-10-16(5)20(24)22(18)26/h7-12H,1,3-4,6H2,2,5H3/b9-7-,11-8+,21-19-. The number of hydrogen-bond donors (Lipinski definition) is 0. The minimum atomic E-state index is -1.13. The normalized spacial score (nSPS) is 12.4. The molecule has 0 heterocycles. The van der Waals surface area contributed by atoms with E-state index in [0.717, 1.165) is 0 Å². The average molecular weight is 360 g/mol. The highest BCUT2D eigenvalue weighted by molar-refractivity contribution is 5.57. The van der Waals surface area contributed by atoms with E-state index in [4.69, 9.17) is 0 Å². The summed E-state index contributed by atoms with van der Waals surface area (Å²) in [5.41, 5.74) is 0.573. The monoisotopic (exact) mass is 360 g/mol. The van der Waals surface area contributed by atoms with Gasteiger partial charge in [-0.05, 0) is 36.1 Å². The van der Waals surface area contributed by atoms with Gasteiger partial charge in [-0.2, -0.15) is 0 Å². The number of rotatable bonds is 7. The molecule has 0 bridgehead atoms. The summed E-state index contributed by atoms with van der Waals surface area (Å²) in [5, 5.41) is 0. The number of aryl methyl sites for hydroxylation is 1. The van der Waals surface area contributed by atoms with Gasteiger partial charge in [-0.3, -0.25) is 0 Å². The van der Waals surface area contributed by atoms with Gasteiger partial charge < -0.3 is 0 Å². The predicted octanol–water partition coefficient (Wildman–Crippen LogP) is 7.24. The highest BCUT2D eigenvalue weighted by atomic mass is 19.2. The van der Waals surface area contributed by atoms with Crippen molar-refractivity contribution in [1.82, 2.24) is 0 Å². The molecule has 0 N–H and O–H groups in total. The summed E-state index contributed by atoms with van der Waals surface area (Å²) in [6.45, 7) is 16.9. The second-order valence-corrected chi connectivity index (χ2v) is 5.75. The van der Waals surface area contributed by atoms with Crippen LogP contribution in [0.2, 0.25) is 0 Å². The van der Waals surface area contributed by atoms with Gasteiger partial charge in [0.05, 0.1) is 0 Å². The highest BCUT2D eigenvalue weighted by Crippen LogP contribution is 2.26. The molecule has 1 aromatic carbocycles. The summed E-state index contributed by atoms with van der Waals surface area (Å²) in [4.78, 5) is 0. The molecule has 0 amide bonds. The lowest BCUT2D eigenvalue weighted by Gasteiger charge is -2.05. The lowest BCUT2D eigenvalue weighted by Crippen LogP contribution is -1.92. The Hall–Kier alpha value is -2.88. The summed E-state index contributed by atoms with van der Waals surface area (Å²) >= 11 is 0. The second kappa shape index (κ2) is 8.99. The van der Waals surface area contributed by atoms with Crippen LogP contribution in [0.25, 0.3) is 6.08 Å². The first-order chi connectivity index (χ1) is 12.1. The molecule has 0 aliphatic heterocycles. The number of allylic oxidation sites excluding steroid dienone is 9. The molecule has 0 aliphatic carbocycles. The topological polar surface area (TPSA) is 0 Å². The fraction of sp³-hybridized carbons (Fsp3) is 0.0909. The molecule has 0 fully saturated rings. The maximum atomic E-state index is 13.8. The molecule has 26 heavy (non-hydrogen) atoms. The Morgan fingerprint density at radius 2 is 1.50 bits per heavy atom. The molecule has 4 heteroatoms. The highest BCUT2D eigenvalue weighted by Gasteiger charge is 2.12. The van der Waals surface area contributed by atoms with Crippen molar-refractivity contribution in [2.75, 3.05) is 0 Å². The third kappa shape index (κ3) is 5.31. The van der Waals surface area contributed by atoms with Crippen LogP contribution in [-0.4, -0.2) is 0 Å². The molecule has 0 aromatic heterocycles. The summed E-state index contributed by atoms with van der Waals surface area (Å²) in [6, 6.07) is 2.91. The van der Waals surface area contributed by atoms with Crippen LogP contribution in [0.4, 0.5) is 17.6 Å². The Balaban J connectivity index is 2.87. The third-order valence-corrected chi connectivity index (χ3v) is 3.50.